The fraction of sp³-hybridized carbons (Fsp3) is 0.350. The molecule has 0 bridgehead atoms. The van der Waals surface area contributed by atoms with E-state index in [0.717, 1.165) is 47.4 Å². The molecule has 2 aliphatic rings. The summed E-state index contributed by atoms with van der Waals surface area (Å²) in [6.07, 6.45) is 2.19. The van der Waals surface area contributed by atoms with E-state index >= 15 is 0 Å². The molecule has 136 valence electrons. The largest absolute Gasteiger partial charge is 0.497 e. The maximum atomic E-state index is 5.73. The van der Waals surface area contributed by atoms with Gasteiger partial charge in [-0.1, -0.05) is 6.07 Å². The number of rotatable bonds is 3. The summed E-state index contributed by atoms with van der Waals surface area (Å²) >= 11 is 5.68. The quantitative estimate of drug-likeness (QED) is 0.824. The number of hydrogen-bond donors (Lipinski definition) is 1. The van der Waals surface area contributed by atoms with Gasteiger partial charge in [0.05, 0.1) is 13.2 Å². The normalized spacial score (nSPS) is 18.5. The summed E-state index contributed by atoms with van der Waals surface area (Å²) in [7, 11) is 1.66. The van der Waals surface area contributed by atoms with E-state index in [9.17, 15) is 0 Å². The molecule has 1 N–H and O–H groups in total. The maximum absolute atomic E-state index is 5.73. The molecule has 0 aliphatic carbocycles. The Labute approximate surface area is 158 Å². The van der Waals surface area contributed by atoms with E-state index in [2.05, 4.69) is 22.3 Å². The van der Waals surface area contributed by atoms with Crippen molar-refractivity contribution in [3.8, 4) is 17.2 Å². The molecule has 6 heteroatoms. The smallest absolute Gasteiger partial charge is 0.173 e. The Morgan fingerprint density at radius 2 is 1.88 bits per heavy atom. The summed E-state index contributed by atoms with van der Waals surface area (Å²) in [5, 5.41) is 4.09. The molecule has 5 nitrogen and oxygen atoms in total. The maximum Gasteiger partial charge on any atom is 0.173 e. The number of benzene rings is 2. The van der Waals surface area contributed by atoms with Gasteiger partial charge in [-0.25, -0.2) is 0 Å². The lowest BCUT2D eigenvalue weighted by Crippen LogP contribution is -2.34. The summed E-state index contributed by atoms with van der Waals surface area (Å²) in [6.45, 7) is 2.15. The summed E-state index contributed by atoms with van der Waals surface area (Å²) < 4.78 is 16.6. The number of nitrogens with zero attached hydrogens (tertiary/aromatic N) is 1. The zero-order valence-corrected chi connectivity index (χ0v) is 15.6. The number of methoxy groups -OCH3 is 1. The molecule has 2 aromatic rings. The van der Waals surface area contributed by atoms with Gasteiger partial charge in [0.1, 0.15) is 19.0 Å². The highest BCUT2D eigenvalue weighted by molar-refractivity contribution is 7.80. The Bertz CT molecular complexity index is 794. The first kappa shape index (κ1) is 17.0. The number of fused-ring (bicyclic) bond motifs is 1. The van der Waals surface area contributed by atoms with E-state index < -0.39 is 0 Å². The summed E-state index contributed by atoms with van der Waals surface area (Å²) in [5.74, 6) is 2.48. The highest BCUT2D eigenvalue weighted by atomic mass is 32.1. The lowest BCUT2D eigenvalue weighted by molar-refractivity contribution is 0.171. The van der Waals surface area contributed by atoms with Gasteiger partial charge >= 0.3 is 0 Å². The Morgan fingerprint density at radius 3 is 2.65 bits per heavy atom. The number of ether oxygens (including phenoxy) is 3. The van der Waals surface area contributed by atoms with E-state index in [4.69, 9.17) is 26.4 Å². The highest BCUT2D eigenvalue weighted by Crippen LogP contribution is 2.38. The molecule has 2 heterocycles. The highest BCUT2D eigenvalue weighted by Gasteiger charge is 2.29. The van der Waals surface area contributed by atoms with E-state index in [1.54, 1.807) is 7.11 Å². The van der Waals surface area contributed by atoms with Gasteiger partial charge in [0.25, 0.3) is 0 Å². The third kappa shape index (κ3) is 3.42. The average Bonchev–Trinajstić information content (AvgIpc) is 3.18. The van der Waals surface area contributed by atoms with Gasteiger partial charge < -0.3 is 24.4 Å². The van der Waals surface area contributed by atoms with Gasteiger partial charge in [-0.05, 0) is 67.0 Å². The second-order valence-electron chi connectivity index (χ2n) is 6.41. The van der Waals surface area contributed by atoms with Crippen LogP contribution < -0.4 is 19.5 Å². The third-order valence-electron chi connectivity index (χ3n) is 4.81. The first-order valence-corrected chi connectivity index (χ1v) is 9.26. The Morgan fingerprint density at radius 1 is 1.12 bits per heavy atom. The fourth-order valence-electron chi connectivity index (χ4n) is 3.49. The number of nitrogens with one attached hydrogen (secondary N) is 1. The van der Waals surface area contributed by atoms with Crippen LogP contribution in [-0.2, 0) is 0 Å². The first-order chi connectivity index (χ1) is 12.7. The fourth-order valence-corrected chi connectivity index (χ4v) is 3.83. The Kier molecular flexibility index (Phi) is 4.84. The van der Waals surface area contributed by atoms with Crippen LogP contribution >= 0.6 is 12.2 Å². The van der Waals surface area contributed by atoms with Crippen molar-refractivity contribution in [1.29, 1.82) is 0 Å². The zero-order valence-electron chi connectivity index (χ0n) is 14.7. The van der Waals surface area contributed by atoms with E-state index in [1.807, 2.05) is 30.3 Å². The third-order valence-corrected chi connectivity index (χ3v) is 5.14. The van der Waals surface area contributed by atoms with Crippen molar-refractivity contribution in [2.45, 2.75) is 18.9 Å². The molecular formula is C20H22N2O3S. The van der Waals surface area contributed by atoms with E-state index in [-0.39, 0.29) is 6.04 Å². The molecule has 0 unspecified atom stereocenters. The van der Waals surface area contributed by atoms with E-state index in [1.165, 1.54) is 5.56 Å². The topological polar surface area (TPSA) is 43.0 Å². The van der Waals surface area contributed by atoms with Gasteiger partial charge in [0.2, 0.25) is 0 Å². The minimum absolute atomic E-state index is 0.254. The molecule has 1 fully saturated rings. The minimum Gasteiger partial charge on any atom is -0.497 e. The monoisotopic (exact) mass is 370 g/mol. The molecule has 2 aromatic carbocycles. The molecule has 0 radical (unpaired) electrons. The van der Waals surface area contributed by atoms with Crippen molar-refractivity contribution in [3.05, 3.63) is 48.0 Å². The van der Waals surface area contributed by atoms with Crippen LogP contribution in [0.25, 0.3) is 0 Å². The minimum atomic E-state index is 0.254. The molecule has 4 rings (SSSR count). The van der Waals surface area contributed by atoms with Crippen LogP contribution in [0.3, 0.4) is 0 Å². The van der Waals surface area contributed by atoms with Crippen LogP contribution in [-0.4, -0.2) is 36.9 Å². The first-order valence-electron chi connectivity index (χ1n) is 8.86. The van der Waals surface area contributed by atoms with Crippen LogP contribution in [0.15, 0.2) is 42.5 Å². The van der Waals surface area contributed by atoms with Crippen molar-refractivity contribution >= 4 is 23.0 Å². The van der Waals surface area contributed by atoms with E-state index in [0.29, 0.717) is 13.2 Å². The SMILES string of the molecule is COc1ccc(NC(=S)N2CCC[C@@H]2c2ccc3c(c2)OCCO3)cc1. The van der Waals surface area contributed by atoms with Crippen molar-refractivity contribution in [3.63, 3.8) is 0 Å². The molecular weight excluding hydrogens is 348 g/mol. The number of likely N-dealkylation sites (tertiary alicyclic amines) is 1. The molecule has 0 saturated carbocycles. The zero-order chi connectivity index (χ0) is 17.9. The molecule has 1 atom stereocenters. The number of anilines is 1. The lowest BCUT2D eigenvalue weighted by Gasteiger charge is -2.29. The molecule has 26 heavy (non-hydrogen) atoms. The second-order valence-corrected chi connectivity index (χ2v) is 6.80. The summed E-state index contributed by atoms with van der Waals surface area (Å²) in [4.78, 5) is 2.25. The van der Waals surface area contributed by atoms with Crippen LogP contribution in [0.1, 0.15) is 24.4 Å². The predicted octanol–water partition coefficient (Wildman–Crippen LogP) is 4.00. The lowest BCUT2D eigenvalue weighted by atomic mass is 10.0. The van der Waals surface area contributed by atoms with Gasteiger partial charge in [-0.2, -0.15) is 0 Å². The molecule has 2 aliphatic heterocycles. The summed E-state index contributed by atoms with van der Waals surface area (Å²) in [5.41, 5.74) is 2.18. The van der Waals surface area contributed by atoms with Gasteiger partial charge in [0, 0.05) is 12.2 Å². The molecule has 0 aromatic heterocycles. The van der Waals surface area contributed by atoms with Crippen molar-refractivity contribution < 1.29 is 14.2 Å². The summed E-state index contributed by atoms with van der Waals surface area (Å²) in [6, 6.07) is 14.3. The predicted molar refractivity (Wildman–Crippen MR) is 105 cm³/mol. The Balaban J connectivity index is 1.49. The van der Waals surface area contributed by atoms with Crippen LogP contribution in [0.4, 0.5) is 5.69 Å². The Hall–Kier alpha value is -2.47. The van der Waals surface area contributed by atoms with Gasteiger partial charge in [-0.3, -0.25) is 0 Å². The average molecular weight is 370 g/mol. The van der Waals surface area contributed by atoms with Crippen molar-refractivity contribution in [2.24, 2.45) is 0 Å². The van der Waals surface area contributed by atoms with Crippen molar-refractivity contribution in [2.75, 3.05) is 32.2 Å². The second kappa shape index (κ2) is 7.41. The standard InChI is InChI=1S/C20H22N2O3S/c1-23-16-7-5-15(6-8-16)21-20(26)22-10-2-3-17(22)14-4-9-18-19(13-14)25-12-11-24-18/h4-9,13,17H,2-3,10-12H2,1H3,(H,21,26)/t17-/m1/s1. The van der Waals surface area contributed by atoms with Crippen molar-refractivity contribution in [1.82, 2.24) is 4.90 Å². The van der Waals surface area contributed by atoms with Crippen LogP contribution in [0.5, 0.6) is 17.2 Å². The number of thiocarbonyl (C=S) groups is 1. The molecule has 1 saturated heterocycles. The van der Waals surface area contributed by atoms with Gasteiger partial charge in [-0.15, -0.1) is 0 Å². The molecule has 0 amide bonds. The van der Waals surface area contributed by atoms with Crippen LogP contribution in [0.2, 0.25) is 0 Å². The number of hydrogen-bond acceptors (Lipinski definition) is 4. The van der Waals surface area contributed by atoms with Gasteiger partial charge in [0.15, 0.2) is 16.6 Å². The van der Waals surface area contributed by atoms with Crippen LogP contribution in [0, 0.1) is 0 Å². The molecule has 0 spiro atoms.